The van der Waals surface area contributed by atoms with Crippen LogP contribution in [-0.2, 0) is 20.9 Å². The second kappa shape index (κ2) is 10.6. The molecule has 0 spiro atoms. The number of benzene rings is 1. The number of hydrogen-bond donors (Lipinski definition) is 1. The van der Waals surface area contributed by atoms with Crippen LogP contribution in [0.3, 0.4) is 0 Å². The highest BCUT2D eigenvalue weighted by Crippen LogP contribution is 2.21. The summed E-state index contributed by atoms with van der Waals surface area (Å²) in [6, 6.07) is 9.47. The Hall–Kier alpha value is -2.08. The minimum Gasteiger partial charge on any atom is -0.444 e. The number of likely N-dealkylation sites (tertiary alicyclic amines) is 1. The summed E-state index contributed by atoms with van der Waals surface area (Å²) in [5.74, 6) is 0.227. The van der Waals surface area contributed by atoms with Crippen LogP contribution in [0, 0.1) is 5.92 Å². The van der Waals surface area contributed by atoms with Crippen LogP contribution < -0.4 is 5.32 Å². The van der Waals surface area contributed by atoms with Crippen molar-refractivity contribution in [3.05, 3.63) is 35.9 Å². The molecule has 2 atom stereocenters. The van der Waals surface area contributed by atoms with Gasteiger partial charge >= 0.3 is 6.09 Å². The van der Waals surface area contributed by atoms with E-state index in [1.54, 1.807) is 0 Å². The molecular formula is C23H36N2O4. The van der Waals surface area contributed by atoms with Gasteiger partial charge in [0, 0.05) is 6.54 Å². The molecule has 6 nitrogen and oxygen atoms in total. The van der Waals surface area contributed by atoms with Crippen LogP contribution in [0.15, 0.2) is 30.3 Å². The highest BCUT2D eigenvalue weighted by Gasteiger charge is 2.35. The predicted octanol–water partition coefficient (Wildman–Crippen LogP) is 4.13. The molecule has 0 unspecified atom stereocenters. The molecule has 2 rings (SSSR count). The maximum atomic E-state index is 13.2. The zero-order valence-electron chi connectivity index (χ0n) is 18.4. The lowest BCUT2D eigenvalue weighted by molar-refractivity contribution is -0.136. The van der Waals surface area contributed by atoms with Crippen molar-refractivity contribution in [3.63, 3.8) is 0 Å². The summed E-state index contributed by atoms with van der Waals surface area (Å²) in [6.45, 7) is 11.3. The molecular weight excluding hydrogens is 368 g/mol. The van der Waals surface area contributed by atoms with Gasteiger partial charge in [-0.05, 0) is 51.5 Å². The Labute approximate surface area is 174 Å². The fourth-order valence-corrected chi connectivity index (χ4v) is 3.53. The number of carbonyl (C=O) groups excluding carboxylic acids is 2. The summed E-state index contributed by atoms with van der Waals surface area (Å²) in [6.07, 6.45) is 1.90. The summed E-state index contributed by atoms with van der Waals surface area (Å²) >= 11 is 0. The molecule has 0 aliphatic carbocycles. The van der Waals surface area contributed by atoms with Gasteiger partial charge in [0.25, 0.3) is 0 Å². The first-order chi connectivity index (χ1) is 13.7. The number of nitrogens with zero attached hydrogens (tertiary/aromatic N) is 1. The Kier molecular flexibility index (Phi) is 8.50. The Bertz CT molecular complexity index is 655. The fraction of sp³-hybridized carbons (Fsp3) is 0.652. The molecule has 1 fully saturated rings. The van der Waals surface area contributed by atoms with Gasteiger partial charge in [-0.15, -0.1) is 0 Å². The van der Waals surface area contributed by atoms with E-state index in [0.717, 1.165) is 18.4 Å². The van der Waals surface area contributed by atoms with E-state index in [9.17, 15) is 9.59 Å². The molecule has 29 heavy (non-hydrogen) atoms. The van der Waals surface area contributed by atoms with Crippen molar-refractivity contribution in [2.24, 2.45) is 5.92 Å². The largest absolute Gasteiger partial charge is 0.444 e. The Balaban J connectivity index is 1.95. The summed E-state index contributed by atoms with van der Waals surface area (Å²) in [5, 5.41) is 2.79. The minimum absolute atomic E-state index is 0.0429. The molecule has 6 heteroatoms. The number of alkyl carbamates (subject to hydrolysis) is 1. The first kappa shape index (κ1) is 23.2. The van der Waals surface area contributed by atoms with Crippen molar-refractivity contribution < 1.29 is 19.1 Å². The van der Waals surface area contributed by atoms with Gasteiger partial charge in [0.15, 0.2) is 0 Å². The number of carbonyl (C=O) groups is 2. The Morgan fingerprint density at radius 1 is 1.21 bits per heavy atom. The van der Waals surface area contributed by atoms with E-state index in [1.807, 2.05) is 69.9 Å². The summed E-state index contributed by atoms with van der Waals surface area (Å²) in [4.78, 5) is 27.3. The molecule has 1 aliphatic rings. The van der Waals surface area contributed by atoms with Crippen LogP contribution in [0.5, 0.6) is 0 Å². The van der Waals surface area contributed by atoms with E-state index >= 15 is 0 Å². The molecule has 1 saturated heterocycles. The number of amides is 2. The molecule has 1 N–H and O–H groups in total. The average molecular weight is 405 g/mol. The maximum absolute atomic E-state index is 13.2. The van der Waals surface area contributed by atoms with Crippen LogP contribution in [0.4, 0.5) is 4.79 Å². The number of nitrogens with one attached hydrogen (secondary N) is 1. The van der Waals surface area contributed by atoms with Crippen LogP contribution in [0.1, 0.15) is 59.4 Å². The number of hydrogen-bond acceptors (Lipinski definition) is 4. The molecule has 1 aliphatic heterocycles. The van der Waals surface area contributed by atoms with Gasteiger partial charge in [0.1, 0.15) is 11.6 Å². The smallest absolute Gasteiger partial charge is 0.408 e. The van der Waals surface area contributed by atoms with Gasteiger partial charge in [-0.25, -0.2) is 4.79 Å². The third kappa shape index (κ3) is 8.05. The van der Waals surface area contributed by atoms with Crippen molar-refractivity contribution in [2.45, 2.75) is 78.2 Å². The van der Waals surface area contributed by atoms with Crippen molar-refractivity contribution in [2.75, 3.05) is 13.2 Å². The van der Waals surface area contributed by atoms with Crippen LogP contribution in [0.2, 0.25) is 0 Å². The molecule has 0 saturated carbocycles. The normalized spacial score (nSPS) is 18.0. The summed E-state index contributed by atoms with van der Waals surface area (Å²) in [7, 11) is 0. The van der Waals surface area contributed by atoms with Crippen LogP contribution in [-0.4, -0.2) is 47.7 Å². The van der Waals surface area contributed by atoms with E-state index in [4.69, 9.17) is 9.47 Å². The molecule has 2 amide bonds. The average Bonchev–Trinajstić information content (AvgIpc) is 3.08. The molecule has 162 valence electrons. The quantitative estimate of drug-likeness (QED) is 0.707. The van der Waals surface area contributed by atoms with E-state index in [-0.39, 0.29) is 17.9 Å². The first-order valence-electron chi connectivity index (χ1n) is 10.6. The van der Waals surface area contributed by atoms with E-state index in [2.05, 4.69) is 5.32 Å². The Morgan fingerprint density at radius 2 is 1.90 bits per heavy atom. The zero-order valence-corrected chi connectivity index (χ0v) is 18.4. The standard InChI is InChI=1S/C23H36N2O4/c1-17(2)14-20(24-22(27)29-23(3,4)5)21(26)25-13-9-12-19(25)16-28-15-18-10-7-6-8-11-18/h6-8,10-11,17,19-20H,9,12-16H2,1-5H3,(H,24,27)/t19-,20-/m0/s1. The van der Waals surface area contributed by atoms with Crippen molar-refractivity contribution in [1.29, 1.82) is 0 Å². The lowest BCUT2D eigenvalue weighted by Gasteiger charge is -2.30. The van der Waals surface area contributed by atoms with Crippen molar-refractivity contribution >= 4 is 12.0 Å². The van der Waals surface area contributed by atoms with E-state index in [1.165, 1.54) is 0 Å². The second-order valence-electron chi connectivity index (χ2n) is 9.16. The zero-order chi connectivity index (χ0) is 21.4. The second-order valence-corrected chi connectivity index (χ2v) is 9.16. The van der Waals surface area contributed by atoms with Gasteiger partial charge in [-0.2, -0.15) is 0 Å². The van der Waals surface area contributed by atoms with Gasteiger partial charge in [0.2, 0.25) is 5.91 Å². The van der Waals surface area contributed by atoms with Crippen LogP contribution >= 0.6 is 0 Å². The van der Waals surface area contributed by atoms with Gasteiger partial charge in [-0.1, -0.05) is 44.2 Å². The third-order valence-electron chi connectivity index (χ3n) is 4.78. The molecule has 1 aromatic carbocycles. The van der Waals surface area contributed by atoms with Crippen molar-refractivity contribution in [3.8, 4) is 0 Å². The molecule has 0 radical (unpaired) electrons. The SMILES string of the molecule is CC(C)C[C@H](NC(=O)OC(C)(C)C)C(=O)N1CCC[C@H]1COCc1ccccc1. The number of rotatable bonds is 8. The van der Waals surface area contributed by atoms with Crippen molar-refractivity contribution in [1.82, 2.24) is 10.2 Å². The molecule has 1 aromatic rings. The predicted molar refractivity (Wildman–Crippen MR) is 113 cm³/mol. The Morgan fingerprint density at radius 3 is 2.52 bits per heavy atom. The molecule has 0 aromatic heterocycles. The van der Waals surface area contributed by atoms with Crippen LogP contribution in [0.25, 0.3) is 0 Å². The minimum atomic E-state index is -0.600. The molecule has 0 bridgehead atoms. The first-order valence-corrected chi connectivity index (χ1v) is 10.6. The fourth-order valence-electron chi connectivity index (χ4n) is 3.53. The maximum Gasteiger partial charge on any atom is 0.408 e. The topological polar surface area (TPSA) is 67.9 Å². The van der Waals surface area contributed by atoms with Gasteiger partial charge < -0.3 is 19.7 Å². The highest BCUT2D eigenvalue weighted by molar-refractivity contribution is 5.86. The monoisotopic (exact) mass is 404 g/mol. The lowest BCUT2D eigenvalue weighted by atomic mass is 10.0. The van der Waals surface area contributed by atoms with E-state index < -0.39 is 17.7 Å². The van der Waals surface area contributed by atoms with Gasteiger partial charge in [-0.3, -0.25) is 4.79 Å². The summed E-state index contributed by atoms with van der Waals surface area (Å²) in [5.41, 5.74) is 0.518. The number of ether oxygens (including phenoxy) is 2. The lowest BCUT2D eigenvalue weighted by Crippen LogP contribution is -2.52. The van der Waals surface area contributed by atoms with E-state index in [0.29, 0.717) is 26.2 Å². The summed E-state index contributed by atoms with van der Waals surface area (Å²) < 4.78 is 11.2. The molecule has 1 heterocycles. The van der Waals surface area contributed by atoms with Gasteiger partial charge in [0.05, 0.1) is 19.3 Å². The highest BCUT2D eigenvalue weighted by atomic mass is 16.6. The third-order valence-corrected chi connectivity index (χ3v) is 4.78.